The lowest BCUT2D eigenvalue weighted by Crippen LogP contribution is -2.51. The molecule has 1 aliphatic rings. The normalized spacial score (nSPS) is 19.2. The predicted molar refractivity (Wildman–Crippen MR) is 91.6 cm³/mol. The van der Waals surface area contributed by atoms with E-state index < -0.39 is 12.0 Å². The molecule has 138 valence electrons. The summed E-state index contributed by atoms with van der Waals surface area (Å²) >= 11 is 0. The predicted octanol–water partition coefficient (Wildman–Crippen LogP) is 1.68. The summed E-state index contributed by atoms with van der Waals surface area (Å²) in [4.78, 5) is 37.5. The number of piperidine rings is 1. The van der Waals surface area contributed by atoms with E-state index in [0.29, 0.717) is 38.4 Å². The van der Waals surface area contributed by atoms with Crippen molar-refractivity contribution in [2.24, 2.45) is 17.8 Å². The molecule has 0 aromatic rings. The molecule has 0 aromatic carbocycles. The van der Waals surface area contributed by atoms with Gasteiger partial charge in [-0.2, -0.15) is 0 Å². The van der Waals surface area contributed by atoms with Gasteiger partial charge in [-0.15, -0.1) is 0 Å². The smallest absolute Gasteiger partial charge is 0.326 e. The monoisotopic (exact) mass is 341 g/mol. The summed E-state index contributed by atoms with van der Waals surface area (Å²) in [7, 11) is 0. The highest BCUT2D eigenvalue weighted by Gasteiger charge is 2.31. The molecule has 1 saturated heterocycles. The number of nitrogens with one attached hydrogen (secondary N) is 2. The van der Waals surface area contributed by atoms with E-state index in [-0.39, 0.29) is 23.8 Å². The number of likely N-dealkylation sites (tertiary alicyclic amines) is 1. The number of carbonyl (C=O) groups is 3. The van der Waals surface area contributed by atoms with Gasteiger partial charge in [0.25, 0.3) is 0 Å². The molecule has 1 heterocycles. The number of rotatable bonds is 7. The van der Waals surface area contributed by atoms with E-state index in [0.717, 1.165) is 6.42 Å². The minimum Gasteiger partial charge on any atom is -0.480 e. The van der Waals surface area contributed by atoms with Gasteiger partial charge in [-0.1, -0.05) is 27.7 Å². The Kier molecular flexibility index (Phi) is 8.01. The topological polar surface area (TPSA) is 98.7 Å². The van der Waals surface area contributed by atoms with Gasteiger partial charge in [-0.05, 0) is 31.1 Å². The van der Waals surface area contributed by atoms with Crippen LogP contribution in [0.1, 0.15) is 47.0 Å². The Balaban J connectivity index is 2.57. The first-order valence-electron chi connectivity index (χ1n) is 8.76. The Hall–Kier alpha value is -1.79. The Bertz CT molecular complexity index is 451. The van der Waals surface area contributed by atoms with Gasteiger partial charge < -0.3 is 20.6 Å². The first-order valence-corrected chi connectivity index (χ1v) is 8.76. The van der Waals surface area contributed by atoms with Crippen molar-refractivity contribution in [1.82, 2.24) is 15.5 Å². The number of hydrogen-bond donors (Lipinski definition) is 3. The van der Waals surface area contributed by atoms with Crippen LogP contribution in [0, 0.1) is 17.8 Å². The van der Waals surface area contributed by atoms with Crippen molar-refractivity contribution in [2.75, 3.05) is 19.6 Å². The van der Waals surface area contributed by atoms with Crippen LogP contribution in [-0.2, 0) is 9.59 Å². The third-order valence-electron chi connectivity index (χ3n) is 4.06. The highest BCUT2D eigenvalue weighted by atomic mass is 16.4. The molecule has 0 bridgehead atoms. The van der Waals surface area contributed by atoms with Crippen molar-refractivity contribution >= 4 is 17.9 Å². The fourth-order valence-electron chi connectivity index (χ4n) is 2.76. The Morgan fingerprint density at radius 3 is 2.38 bits per heavy atom. The zero-order chi connectivity index (χ0) is 18.3. The maximum atomic E-state index is 12.4. The van der Waals surface area contributed by atoms with Gasteiger partial charge >= 0.3 is 12.0 Å². The number of carboxylic acids is 1. The minimum absolute atomic E-state index is 0.154. The van der Waals surface area contributed by atoms with Crippen molar-refractivity contribution < 1.29 is 19.5 Å². The number of aliphatic carboxylic acids is 1. The van der Waals surface area contributed by atoms with Crippen LogP contribution in [0.2, 0.25) is 0 Å². The van der Waals surface area contributed by atoms with Gasteiger partial charge in [0.05, 0.1) is 5.92 Å². The molecule has 3 amide bonds. The van der Waals surface area contributed by atoms with Crippen LogP contribution in [0.4, 0.5) is 4.79 Å². The summed E-state index contributed by atoms with van der Waals surface area (Å²) in [6.07, 6.45) is 1.81. The number of hydrogen-bond acceptors (Lipinski definition) is 3. The van der Waals surface area contributed by atoms with Crippen LogP contribution in [-0.4, -0.2) is 53.6 Å². The highest BCUT2D eigenvalue weighted by molar-refractivity contribution is 5.85. The Morgan fingerprint density at radius 1 is 1.17 bits per heavy atom. The quantitative estimate of drug-likeness (QED) is 0.656. The standard InChI is InChI=1S/C17H31N3O4/c1-11(2)8-14(16(22)23)19-15(21)13-6-5-7-20(10-13)17(24)18-9-12(3)4/h11-14H,5-10H2,1-4H3,(H,18,24)(H,19,21)(H,22,23)/t13?,14-/m0/s1. The summed E-state index contributed by atoms with van der Waals surface area (Å²) in [6.45, 7) is 9.45. The lowest BCUT2D eigenvalue weighted by atomic mass is 9.96. The molecule has 0 aromatic heterocycles. The minimum atomic E-state index is -1.01. The first kappa shape index (κ1) is 20.3. The maximum Gasteiger partial charge on any atom is 0.326 e. The molecule has 3 N–H and O–H groups in total. The second-order valence-electron chi connectivity index (χ2n) is 7.39. The average molecular weight is 341 g/mol. The third-order valence-corrected chi connectivity index (χ3v) is 4.06. The van der Waals surface area contributed by atoms with E-state index in [1.807, 2.05) is 27.7 Å². The molecule has 7 nitrogen and oxygen atoms in total. The zero-order valence-electron chi connectivity index (χ0n) is 15.2. The molecule has 24 heavy (non-hydrogen) atoms. The van der Waals surface area contributed by atoms with Gasteiger partial charge in [-0.3, -0.25) is 4.79 Å². The molecule has 1 rings (SSSR count). The van der Waals surface area contributed by atoms with Crippen molar-refractivity contribution in [3.05, 3.63) is 0 Å². The van der Waals surface area contributed by atoms with Crippen molar-refractivity contribution in [3.8, 4) is 0 Å². The molecule has 1 aliphatic heterocycles. The largest absolute Gasteiger partial charge is 0.480 e. The third kappa shape index (κ3) is 6.76. The zero-order valence-corrected chi connectivity index (χ0v) is 15.2. The molecular weight excluding hydrogens is 310 g/mol. The van der Waals surface area contributed by atoms with Crippen LogP contribution < -0.4 is 10.6 Å². The summed E-state index contributed by atoms with van der Waals surface area (Å²) < 4.78 is 0. The van der Waals surface area contributed by atoms with Crippen molar-refractivity contribution in [1.29, 1.82) is 0 Å². The van der Waals surface area contributed by atoms with E-state index in [1.165, 1.54) is 0 Å². The maximum absolute atomic E-state index is 12.4. The summed E-state index contributed by atoms with van der Waals surface area (Å²) in [5, 5.41) is 14.7. The summed E-state index contributed by atoms with van der Waals surface area (Å²) in [5.74, 6) is -1.09. The SMILES string of the molecule is CC(C)CNC(=O)N1CCCC(C(=O)N[C@@H](CC(C)C)C(=O)O)C1. The van der Waals surface area contributed by atoms with E-state index in [9.17, 15) is 19.5 Å². The van der Waals surface area contributed by atoms with E-state index in [2.05, 4.69) is 10.6 Å². The number of nitrogens with zero attached hydrogens (tertiary/aromatic N) is 1. The summed E-state index contributed by atoms with van der Waals surface area (Å²) in [5.41, 5.74) is 0. The van der Waals surface area contributed by atoms with Gasteiger partial charge in [0.2, 0.25) is 5.91 Å². The molecule has 7 heteroatoms. The van der Waals surface area contributed by atoms with Gasteiger partial charge in [-0.25, -0.2) is 9.59 Å². The molecule has 0 spiro atoms. The van der Waals surface area contributed by atoms with Crippen LogP contribution in [0.5, 0.6) is 0 Å². The van der Waals surface area contributed by atoms with Gasteiger partial charge in [0.15, 0.2) is 0 Å². The van der Waals surface area contributed by atoms with E-state index in [1.54, 1.807) is 4.90 Å². The van der Waals surface area contributed by atoms with E-state index >= 15 is 0 Å². The van der Waals surface area contributed by atoms with E-state index in [4.69, 9.17) is 0 Å². The van der Waals surface area contributed by atoms with Gasteiger partial charge in [0.1, 0.15) is 6.04 Å². The molecule has 1 unspecified atom stereocenters. The number of carboxylic acid groups (broad SMARTS) is 1. The molecule has 0 aliphatic carbocycles. The first-order chi connectivity index (χ1) is 11.2. The second kappa shape index (κ2) is 9.49. The van der Waals surface area contributed by atoms with Crippen molar-refractivity contribution in [2.45, 2.75) is 53.0 Å². The Labute approximate surface area is 144 Å². The number of carbonyl (C=O) groups excluding carboxylic acids is 2. The highest BCUT2D eigenvalue weighted by Crippen LogP contribution is 2.17. The lowest BCUT2D eigenvalue weighted by Gasteiger charge is -2.33. The molecular formula is C17H31N3O4. The Morgan fingerprint density at radius 2 is 1.83 bits per heavy atom. The molecule has 2 atom stereocenters. The molecule has 0 radical (unpaired) electrons. The average Bonchev–Trinajstić information content (AvgIpc) is 2.51. The van der Waals surface area contributed by atoms with Crippen LogP contribution in [0.15, 0.2) is 0 Å². The number of amides is 3. The second-order valence-corrected chi connectivity index (χ2v) is 7.39. The van der Waals surface area contributed by atoms with Crippen molar-refractivity contribution in [3.63, 3.8) is 0 Å². The fourth-order valence-corrected chi connectivity index (χ4v) is 2.76. The lowest BCUT2D eigenvalue weighted by molar-refractivity contribution is -0.143. The van der Waals surface area contributed by atoms with Crippen LogP contribution in [0.25, 0.3) is 0 Å². The molecule has 0 saturated carbocycles. The summed E-state index contributed by atoms with van der Waals surface area (Å²) in [6, 6.07) is -1.03. The number of urea groups is 1. The molecule has 1 fully saturated rings. The fraction of sp³-hybridized carbons (Fsp3) is 0.824. The van der Waals surface area contributed by atoms with Crippen LogP contribution in [0.3, 0.4) is 0 Å². The van der Waals surface area contributed by atoms with Gasteiger partial charge in [0, 0.05) is 19.6 Å². The van der Waals surface area contributed by atoms with Crippen LogP contribution >= 0.6 is 0 Å².